The van der Waals surface area contributed by atoms with Crippen LogP contribution in [0.4, 0.5) is 0 Å². The van der Waals surface area contributed by atoms with E-state index in [2.05, 4.69) is 5.32 Å². The highest BCUT2D eigenvalue weighted by atomic mass is 35.5. The summed E-state index contributed by atoms with van der Waals surface area (Å²) in [5.74, 6) is -0.374. The molecule has 0 bridgehead atoms. The minimum absolute atomic E-state index is 0.0115. The number of sulfonamides is 1. The van der Waals surface area contributed by atoms with Crippen molar-refractivity contribution in [3.05, 3.63) is 63.5 Å². The van der Waals surface area contributed by atoms with Gasteiger partial charge in [-0.3, -0.25) is 9.59 Å². The normalized spacial score (nSPS) is 11.6. The van der Waals surface area contributed by atoms with Gasteiger partial charge < -0.3 is 9.88 Å². The van der Waals surface area contributed by atoms with Crippen molar-refractivity contribution in [3.8, 4) is 0 Å². The lowest BCUT2D eigenvalue weighted by Crippen LogP contribution is -2.35. The number of pyridine rings is 1. The third kappa shape index (κ3) is 5.67. The average Bonchev–Trinajstić information content (AvgIpc) is 2.64. The number of nitrogens with one attached hydrogen (secondary N) is 1. The standard InChI is InChI=1S/C19H24ClN3O4S/c1-3-23(4-2)28(26,27)17-8-9-19(25)22(13-17)14-18(24)21-11-10-15-6-5-7-16(20)12-15/h5-9,12-13H,3-4,10-11,14H2,1-2H3,(H,21,24). The number of hydrogen-bond donors (Lipinski definition) is 1. The fourth-order valence-electron chi connectivity index (χ4n) is 2.75. The number of halogens is 1. The molecule has 0 aliphatic heterocycles. The van der Waals surface area contributed by atoms with Crippen LogP contribution in [0.2, 0.25) is 5.02 Å². The lowest BCUT2D eigenvalue weighted by Gasteiger charge is -2.19. The number of carbonyl (C=O) groups is 1. The summed E-state index contributed by atoms with van der Waals surface area (Å²) in [6, 6.07) is 9.76. The molecule has 1 heterocycles. The van der Waals surface area contributed by atoms with Crippen LogP contribution >= 0.6 is 11.6 Å². The molecule has 0 saturated heterocycles. The van der Waals surface area contributed by atoms with Crippen molar-refractivity contribution < 1.29 is 13.2 Å². The maximum absolute atomic E-state index is 12.6. The molecule has 2 aromatic rings. The number of carbonyl (C=O) groups excluding carboxylic acids is 1. The van der Waals surface area contributed by atoms with Crippen LogP contribution in [-0.2, 0) is 27.8 Å². The highest BCUT2D eigenvalue weighted by Gasteiger charge is 2.22. The average molecular weight is 426 g/mol. The SMILES string of the molecule is CCN(CC)S(=O)(=O)c1ccc(=O)n(CC(=O)NCCc2cccc(Cl)c2)c1. The Balaban J connectivity index is 2.05. The van der Waals surface area contributed by atoms with Gasteiger partial charge in [-0.15, -0.1) is 0 Å². The van der Waals surface area contributed by atoms with E-state index < -0.39 is 15.6 Å². The van der Waals surface area contributed by atoms with Crippen molar-refractivity contribution in [2.75, 3.05) is 19.6 Å². The minimum Gasteiger partial charge on any atom is -0.354 e. The Bertz CT molecular complexity index is 985. The van der Waals surface area contributed by atoms with Crippen LogP contribution in [-0.4, -0.2) is 42.8 Å². The Morgan fingerprint density at radius 1 is 1.18 bits per heavy atom. The Morgan fingerprint density at radius 3 is 2.54 bits per heavy atom. The van der Waals surface area contributed by atoms with Gasteiger partial charge in [-0.1, -0.05) is 37.6 Å². The van der Waals surface area contributed by atoms with Crippen LogP contribution in [0.3, 0.4) is 0 Å². The van der Waals surface area contributed by atoms with Crippen LogP contribution in [0.25, 0.3) is 0 Å². The smallest absolute Gasteiger partial charge is 0.251 e. The van der Waals surface area contributed by atoms with Gasteiger partial charge >= 0.3 is 0 Å². The van der Waals surface area contributed by atoms with Crippen molar-refractivity contribution in [1.29, 1.82) is 0 Å². The Labute approximate surface area is 170 Å². The second kappa shape index (κ2) is 9.86. The van der Waals surface area contributed by atoms with Gasteiger partial charge in [0, 0.05) is 36.9 Å². The highest BCUT2D eigenvalue weighted by molar-refractivity contribution is 7.89. The molecule has 0 aliphatic carbocycles. The molecule has 0 fully saturated rings. The second-order valence-corrected chi connectivity index (χ2v) is 8.52. The van der Waals surface area contributed by atoms with E-state index in [0.29, 0.717) is 31.1 Å². The lowest BCUT2D eigenvalue weighted by molar-refractivity contribution is -0.121. The Hall–Kier alpha value is -2.16. The molecule has 1 N–H and O–H groups in total. The summed E-state index contributed by atoms with van der Waals surface area (Å²) in [7, 11) is -3.70. The molecule has 0 aliphatic rings. The van der Waals surface area contributed by atoms with Gasteiger partial charge in [0.05, 0.1) is 4.90 Å². The number of nitrogens with zero attached hydrogens (tertiary/aromatic N) is 2. The van der Waals surface area contributed by atoms with Crippen molar-refractivity contribution >= 4 is 27.5 Å². The molecule has 1 aromatic carbocycles. The molecule has 2 rings (SSSR count). The quantitative estimate of drug-likeness (QED) is 0.664. The summed E-state index contributed by atoms with van der Waals surface area (Å²) < 4.78 is 27.6. The summed E-state index contributed by atoms with van der Waals surface area (Å²) >= 11 is 5.93. The van der Waals surface area contributed by atoms with Crippen molar-refractivity contribution in [1.82, 2.24) is 14.2 Å². The molecule has 28 heavy (non-hydrogen) atoms. The summed E-state index contributed by atoms with van der Waals surface area (Å²) in [5, 5.41) is 3.35. The number of aromatic nitrogens is 1. The molecule has 0 radical (unpaired) electrons. The zero-order valence-corrected chi connectivity index (χ0v) is 17.5. The fourth-order valence-corrected chi connectivity index (χ4v) is 4.44. The predicted molar refractivity (Wildman–Crippen MR) is 109 cm³/mol. The van der Waals surface area contributed by atoms with Crippen molar-refractivity contribution in [2.24, 2.45) is 0 Å². The van der Waals surface area contributed by atoms with E-state index in [0.717, 1.165) is 16.2 Å². The molecule has 0 unspecified atom stereocenters. The van der Waals surface area contributed by atoms with E-state index >= 15 is 0 Å². The summed E-state index contributed by atoms with van der Waals surface area (Å²) in [6.07, 6.45) is 1.81. The van der Waals surface area contributed by atoms with Crippen molar-refractivity contribution in [3.63, 3.8) is 0 Å². The van der Waals surface area contributed by atoms with E-state index in [9.17, 15) is 18.0 Å². The maximum Gasteiger partial charge on any atom is 0.251 e. The van der Waals surface area contributed by atoms with Gasteiger partial charge in [0.2, 0.25) is 15.9 Å². The maximum atomic E-state index is 12.6. The minimum atomic E-state index is -3.70. The Kier molecular flexibility index (Phi) is 7.79. The molecule has 7 nitrogen and oxygen atoms in total. The van der Waals surface area contributed by atoms with Crippen LogP contribution in [0.5, 0.6) is 0 Å². The predicted octanol–water partition coefficient (Wildman–Crippen LogP) is 1.89. The third-order valence-electron chi connectivity index (χ3n) is 4.24. The van der Waals surface area contributed by atoms with Crippen LogP contribution < -0.4 is 10.9 Å². The second-order valence-electron chi connectivity index (χ2n) is 6.15. The van der Waals surface area contributed by atoms with Gasteiger partial charge in [-0.25, -0.2) is 8.42 Å². The molecule has 0 spiro atoms. The lowest BCUT2D eigenvalue weighted by atomic mass is 10.1. The van der Waals surface area contributed by atoms with Crippen LogP contribution in [0.1, 0.15) is 19.4 Å². The van der Waals surface area contributed by atoms with E-state index in [1.54, 1.807) is 19.9 Å². The van der Waals surface area contributed by atoms with Crippen LogP contribution in [0, 0.1) is 0 Å². The first-order chi connectivity index (χ1) is 13.3. The topological polar surface area (TPSA) is 88.5 Å². The third-order valence-corrected chi connectivity index (χ3v) is 6.51. The summed E-state index contributed by atoms with van der Waals surface area (Å²) in [4.78, 5) is 24.2. The van der Waals surface area contributed by atoms with Gasteiger partial charge in [0.15, 0.2) is 0 Å². The summed E-state index contributed by atoms with van der Waals surface area (Å²) in [6.45, 7) is 4.25. The summed E-state index contributed by atoms with van der Waals surface area (Å²) in [5.41, 5.74) is 0.542. The van der Waals surface area contributed by atoms with E-state index in [1.165, 1.54) is 16.6 Å². The number of rotatable bonds is 9. The molecular formula is C19H24ClN3O4S. The van der Waals surface area contributed by atoms with E-state index in [1.807, 2.05) is 18.2 Å². The molecule has 0 atom stereocenters. The molecule has 0 saturated carbocycles. The number of benzene rings is 1. The van der Waals surface area contributed by atoms with Gasteiger partial charge in [-0.2, -0.15) is 4.31 Å². The van der Waals surface area contributed by atoms with Crippen LogP contribution in [0.15, 0.2) is 52.3 Å². The molecule has 1 aromatic heterocycles. The monoisotopic (exact) mass is 425 g/mol. The zero-order chi connectivity index (χ0) is 20.7. The largest absolute Gasteiger partial charge is 0.354 e. The fraction of sp³-hybridized carbons (Fsp3) is 0.368. The molecule has 152 valence electrons. The zero-order valence-electron chi connectivity index (χ0n) is 15.9. The van der Waals surface area contributed by atoms with Gasteiger partial charge in [0.1, 0.15) is 6.54 Å². The molecule has 9 heteroatoms. The van der Waals surface area contributed by atoms with E-state index in [-0.39, 0.29) is 17.3 Å². The Morgan fingerprint density at radius 2 is 1.89 bits per heavy atom. The highest BCUT2D eigenvalue weighted by Crippen LogP contribution is 2.13. The first kappa shape index (κ1) is 22.1. The molecule has 1 amide bonds. The molecular weight excluding hydrogens is 402 g/mol. The van der Waals surface area contributed by atoms with Gasteiger partial charge in [-0.05, 0) is 30.2 Å². The number of hydrogen-bond acceptors (Lipinski definition) is 4. The number of amides is 1. The first-order valence-electron chi connectivity index (χ1n) is 8.99. The van der Waals surface area contributed by atoms with Gasteiger partial charge in [0.25, 0.3) is 5.56 Å². The first-order valence-corrected chi connectivity index (χ1v) is 10.8. The van der Waals surface area contributed by atoms with E-state index in [4.69, 9.17) is 11.6 Å². The van der Waals surface area contributed by atoms with Crippen molar-refractivity contribution in [2.45, 2.75) is 31.7 Å².